The van der Waals surface area contributed by atoms with E-state index in [-0.39, 0.29) is 12.0 Å². The second-order valence-corrected chi connectivity index (χ2v) is 8.71. The van der Waals surface area contributed by atoms with E-state index in [1.165, 1.54) is 5.56 Å². The number of methoxy groups -OCH3 is 1. The lowest BCUT2D eigenvalue weighted by atomic mass is 9.74. The minimum Gasteiger partial charge on any atom is -0.497 e. The average Bonchev–Trinajstić information content (AvgIpc) is 2.76. The maximum Gasteiger partial charge on any atom is 0.191 e. The zero-order chi connectivity index (χ0) is 21.8. The molecule has 6 heteroatoms. The van der Waals surface area contributed by atoms with Gasteiger partial charge < -0.3 is 25.2 Å². The maximum absolute atomic E-state index is 9.39. The lowest BCUT2D eigenvalue weighted by molar-refractivity contribution is 0.0531. The Balaban J connectivity index is 2.12. The van der Waals surface area contributed by atoms with E-state index in [1.807, 2.05) is 12.1 Å². The van der Waals surface area contributed by atoms with Crippen LogP contribution in [0.15, 0.2) is 29.3 Å². The number of aliphatic hydroxyl groups is 1. The average molecular weight is 420 g/mol. The summed E-state index contributed by atoms with van der Waals surface area (Å²) in [5.74, 6) is 2.78. The van der Waals surface area contributed by atoms with Crippen LogP contribution in [0.4, 0.5) is 0 Å². The van der Waals surface area contributed by atoms with Crippen molar-refractivity contribution in [3.8, 4) is 5.75 Å². The third-order valence-electron chi connectivity index (χ3n) is 5.94. The number of ether oxygens (including phenoxy) is 2. The summed E-state index contributed by atoms with van der Waals surface area (Å²) in [5.41, 5.74) is 1.28. The molecular formula is C24H41N3O3. The highest BCUT2D eigenvalue weighted by atomic mass is 16.5. The quantitative estimate of drug-likeness (QED) is 0.379. The smallest absolute Gasteiger partial charge is 0.191 e. The summed E-state index contributed by atoms with van der Waals surface area (Å²) in [5, 5.41) is 16.3. The van der Waals surface area contributed by atoms with Crippen molar-refractivity contribution in [3.63, 3.8) is 0 Å². The molecule has 30 heavy (non-hydrogen) atoms. The molecule has 170 valence electrons. The first-order valence-corrected chi connectivity index (χ1v) is 11.4. The molecule has 0 aromatic heterocycles. The summed E-state index contributed by atoms with van der Waals surface area (Å²) in [4.78, 5) is 4.98. The number of benzene rings is 1. The Morgan fingerprint density at radius 2 is 1.90 bits per heavy atom. The molecule has 1 aromatic rings. The number of hydrogen-bond acceptors (Lipinski definition) is 4. The fourth-order valence-electron chi connectivity index (χ4n) is 4.21. The second kappa shape index (κ2) is 12.8. The number of nitrogens with one attached hydrogen (secondary N) is 2. The Morgan fingerprint density at radius 3 is 2.47 bits per heavy atom. The Labute approximate surface area is 182 Å². The first kappa shape index (κ1) is 24.5. The van der Waals surface area contributed by atoms with Crippen LogP contribution in [-0.2, 0) is 10.2 Å². The summed E-state index contributed by atoms with van der Waals surface area (Å²) in [6, 6.07) is 8.40. The third-order valence-corrected chi connectivity index (χ3v) is 5.94. The zero-order valence-corrected chi connectivity index (χ0v) is 19.2. The van der Waals surface area contributed by atoms with Gasteiger partial charge in [-0.25, -0.2) is 0 Å². The molecule has 2 rings (SSSR count). The van der Waals surface area contributed by atoms with Gasteiger partial charge in [-0.2, -0.15) is 0 Å². The van der Waals surface area contributed by atoms with Gasteiger partial charge in [0.05, 0.1) is 13.7 Å². The summed E-state index contributed by atoms with van der Waals surface area (Å²) in [6.07, 6.45) is 3.84. The first-order chi connectivity index (χ1) is 14.5. The molecule has 1 fully saturated rings. The van der Waals surface area contributed by atoms with Crippen LogP contribution in [0.3, 0.4) is 0 Å². The molecular weight excluding hydrogens is 378 g/mol. The van der Waals surface area contributed by atoms with Gasteiger partial charge in [-0.15, -0.1) is 0 Å². The largest absolute Gasteiger partial charge is 0.497 e. The molecule has 0 spiro atoms. The SMILES string of the molecule is CCNC(=NCC1(c2ccc(OC)cc2)CCOCC1)NCC(CCO)CC(C)C. The molecule has 1 aromatic carbocycles. The molecule has 6 nitrogen and oxygen atoms in total. The summed E-state index contributed by atoms with van der Waals surface area (Å²) < 4.78 is 11.0. The number of nitrogens with zero attached hydrogens (tertiary/aromatic N) is 1. The van der Waals surface area contributed by atoms with Crippen molar-refractivity contribution in [1.82, 2.24) is 10.6 Å². The minimum absolute atomic E-state index is 0.0185. The fourth-order valence-corrected chi connectivity index (χ4v) is 4.21. The standard InChI is InChI=1S/C24H41N3O3/c1-5-25-23(26-17-20(10-13-28)16-19(2)3)27-18-24(11-14-30-15-12-24)21-6-8-22(29-4)9-7-21/h6-9,19-20,28H,5,10-18H2,1-4H3,(H2,25,26,27). The molecule has 1 aliphatic heterocycles. The molecule has 1 heterocycles. The number of aliphatic hydroxyl groups excluding tert-OH is 1. The lowest BCUT2D eigenvalue weighted by Gasteiger charge is -2.36. The topological polar surface area (TPSA) is 75.1 Å². The Bertz CT molecular complexity index is 625. The van der Waals surface area contributed by atoms with E-state index >= 15 is 0 Å². The van der Waals surface area contributed by atoms with Crippen molar-refractivity contribution in [3.05, 3.63) is 29.8 Å². The van der Waals surface area contributed by atoms with E-state index in [4.69, 9.17) is 14.5 Å². The van der Waals surface area contributed by atoms with Gasteiger partial charge in [0.2, 0.25) is 0 Å². The van der Waals surface area contributed by atoms with Gasteiger partial charge in [-0.3, -0.25) is 4.99 Å². The van der Waals surface area contributed by atoms with Crippen molar-refractivity contribution >= 4 is 5.96 Å². The minimum atomic E-state index is -0.0185. The Kier molecular flexibility index (Phi) is 10.4. The van der Waals surface area contributed by atoms with Crippen molar-refractivity contribution in [2.24, 2.45) is 16.8 Å². The second-order valence-electron chi connectivity index (χ2n) is 8.71. The van der Waals surface area contributed by atoms with Crippen LogP contribution in [0.5, 0.6) is 5.75 Å². The zero-order valence-electron chi connectivity index (χ0n) is 19.2. The number of rotatable bonds is 11. The fraction of sp³-hybridized carbons (Fsp3) is 0.708. The van der Waals surface area contributed by atoms with Crippen LogP contribution in [0.1, 0.15) is 52.0 Å². The van der Waals surface area contributed by atoms with Crippen LogP contribution in [-0.4, -0.2) is 57.6 Å². The molecule has 1 atom stereocenters. The highest BCUT2D eigenvalue weighted by Gasteiger charge is 2.34. The first-order valence-electron chi connectivity index (χ1n) is 11.4. The molecule has 1 unspecified atom stereocenters. The van der Waals surface area contributed by atoms with Gasteiger partial charge in [0.15, 0.2) is 5.96 Å². The van der Waals surface area contributed by atoms with Gasteiger partial charge in [-0.1, -0.05) is 26.0 Å². The van der Waals surface area contributed by atoms with Crippen LogP contribution >= 0.6 is 0 Å². The van der Waals surface area contributed by atoms with Gasteiger partial charge in [0.25, 0.3) is 0 Å². The Hall–Kier alpha value is -1.79. The van der Waals surface area contributed by atoms with E-state index in [0.717, 1.165) is 63.7 Å². The highest BCUT2D eigenvalue weighted by molar-refractivity contribution is 5.79. The lowest BCUT2D eigenvalue weighted by Crippen LogP contribution is -2.42. The van der Waals surface area contributed by atoms with E-state index in [9.17, 15) is 5.11 Å². The molecule has 0 aliphatic carbocycles. The van der Waals surface area contributed by atoms with Gasteiger partial charge in [0, 0.05) is 38.3 Å². The van der Waals surface area contributed by atoms with Gasteiger partial charge >= 0.3 is 0 Å². The molecule has 0 saturated carbocycles. The molecule has 1 saturated heterocycles. The van der Waals surface area contributed by atoms with Crippen LogP contribution in [0.25, 0.3) is 0 Å². The predicted molar refractivity (Wildman–Crippen MR) is 123 cm³/mol. The van der Waals surface area contributed by atoms with Crippen LogP contribution in [0, 0.1) is 11.8 Å². The maximum atomic E-state index is 9.39. The number of hydrogen-bond donors (Lipinski definition) is 3. The number of aliphatic imine (C=N–C) groups is 1. The monoisotopic (exact) mass is 419 g/mol. The number of guanidine groups is 1. The molecule has 0 amide bonds. The molecule has 1 aliphatic rings. The summed E-state index contributed by atoms with van der Waals surface area (Å²) in [6.45, 7) is 10.7. The van der Waals surface area contributed by atoms with Crippen molar-refractivity contribution in [2.45, 2.75) is 51.9 Å². The third kappa shape index (κ3) is 7.47. The van der Waals surface area contributed by atoms with Crippen molar-refractivity contribution < 1.29 is 14.6 Å². The van der Waals surface area contributed by atoms with Gasteiger partial charge in [0.1, 0.15) is 5.75 Å². The van der Waals surface area contributed by atoms with E-state index in [0.29, 0.717) is 18.4 Å². The van der Waals surface area contributed by atoms with Crippen molar-refractivity contribution in [1.29, 1.82) is 0 Å². The Morgan fingerprint density at radius 1 is 1.20 bits per heavy atom. The predicted octanol–water partition coefficient (Wildman–Crippen LogP) is 3.34. The summed E-state index contributed by atoms with van der Waals surface area (Å²) in [7, 11) is 1.70. The highest BCUT2D eigenvalue weighted by Crippen LogP contribution is 2.36. The van der Waals surface area contributed by atoms with E-state index in [2.05, 4.69) is 43.5 Å². The van der Waals surface area contributed by atoms with Crippen LogP contribution < -0.4 is 15.4 Å². The van der Waals surface area contributed by atoms with E-state index < -0.39 is 0 Å². The molecule has 3 N–H and O–H groups in total. The molecule has 0 radical (unpaired) electrons. The molecule has 0 bridgehead atoms. The van der Waals surface area contributed by atoms with Crippen molar-refractivity contribution in [2.75, 3.05) is 46.6 Å². The van der Waals surface area contributed by atoms with E-state index in [1.54, 1.807) is 7.11 Å². The normalized spacial score (nSPS) is 17.6. The van der Waals surface area contributed by atoms with Gasteiger partial charge in [-0.05, 0) is 62.1 Å². The summed E-state index contributed by atoms with van der Waals surface area (Å²) >= 11 is 0. The van der Waals surface area contributed by atoms with Crippen LogP contribution in [0.2, 0.25) is 0 Å².